The van der Waals surface area contributed by atoms with Gasteiger partial charge in [0, 0.05) is 12.2 Å². The van der Waals surface area contributed by atoms with Crippen LogP contribution in [0.5, 0.6) is 0 Å². The van der Waals surface area contributed by atoms with E-state index in [0.717, 1.165) is 0 Å². The number of furan rings is 1. The molecule has 1 amide bonds. The topological polar surface area (TPSA) is 105 Å². The number of amides is 1. The van der Waals surface area contributed by atoms with Crippen molar-refractivity contribution in [2.45, 2.75) is 26.4 Å². The Hall–Kier alpha value is -3.68. The summed E-state index contributed by atoms with van der Waals surface area (Å²) >= 11 is 0. The lowest BCUT2D eigenvalue weighted by atomic mass is 10.2. The summed E-state index contributed by atoms with van der Waals surface area (Å²) in [5, 5.41) is 11.6. The molecule has 28 heavy (non-hydrogen) atoms. The molecule has 8 nitrogen and oxygen atoms in total. The van der Waals surface area contributed by atoms with Gasteiger partial charge in [-0.15, -0.1) is 0 Å². The molecule has 0 aliphatic carbocycles. The molecule has 0 bridgehead atoms. The van der Waals surface area contributed by atoms with E-state index in [9.17, 15) is 9.59 Å². The zero-order valence-corrected chi connectivity index (χ0v) is 15.5. The van der Waals surface area contributed by atoms with Gasteiger partial charge >= 0.3 is 0 Å². The van der Waals surface area contributed by atoms with Gasteiger partial charge in [-0.1, -0.05) is 6.07 Å². The maximum absolute atomic E-state index is 13.0. The average molecular weight is 377 g/mol. The van der Waals surface area contributed by atoms with Crippen molar-refractivity contribution in [2.24, 2.45) is 0 Å². The first kappa shape index (κ1) is 17.7. The van der Waals surface area contributed by atoms with Crippen molar-refractivity contribution in [3.8, 4) is 0 Å². The predicted molar refractivity (Wildman–Crippen MR) is 103 cm³/mol. The minimum atomic E-state index is -0.410. The van der Waals surface area contributed by atoms with E-state index in [1.54, 1.807) is 36.5 Å². The molecule has 8 heteroatoms. The standard InChI is InChI=1S/C20H19N5O3/c1-12(2)22-19(26)14-10-15-18(23-16-7-3-4-8-24(16)20(15)27)25(17(14)21)11-13-6-5-9-28-13/h3-10,12,21H,11H2,1-2H3,(H,22,26). The Labute approximate surface area is 159 Å². The third kappa shape index (κ3) is 2.98. The Kier molecular flexibility index (Phi) is 4.31. The average Bonchev–Trinajstić information content (AvgIpc) is 3.17. The largest absolute Gasteiger partial charge is 0.467 e. The lowest BCUT2D eigenvalue weighted by Gasteiger charge is -2.15. The summed E-state index contributed by atoms with van der Waals surface area (Å²) in [4.78, 5) is 30.3. The fourth-order valence-electron chi connectivity index (χ4n) is 3.11. The molecule has 0 fully saturated rings. The Morgan fingerprint density at radius 3 is 2.82 bits per heavy atom. The zero-order valence-electron chi connectivity index (χ0n) is 15.5. The van der Waals surface area contributed by atoms with E-state index in [-0.39, 0.29) is 34.6 Å². The summed E-state index contributed by atoms with van der Waals surface area (Å²) < 4.78 is 8.36. The normalized spacial score (nSPS) is 11.4. The summed E-state index contributed by atoms with van der Waals surface area (Å²) in [6.07, 6.45) is 3.16. The third-order valence-corrected chi connectivity index (χ3v) is 4.38. The second-order valence-electron chi connectivity index (χ2n) is 6.78. The quantitative estimate of drug-likeness (QED) is 0.530. The molecule has 0 radical (unpaired) electrons. The van der Waals surface area contributed by atoms with Crippen molar-refractivity contribution in [1.82, 2.24) is 19.3 Å². The van der Waals surface area contributed by atoms with Gasteiger partial charge in [-0.05, 0) is 44.2 Å². The fraction of sp³-hybridized carbons (Fsp3) is 0.200. The van der Waals surface area contributed by atoms with E-state index < -0.39 is 5.91 Å². The highest BCUT2D eigenvalue weighted by atomic mass is 16.3. The van der Waals surface area contributed by atoms with E-state index in [0.29, 0.717) is 17.1 Å². The maximum atomic E-state index is 13.0. The summed E-state index contributed by atoms with van der Waals surface area (Å²) in [6.45, 7) is 3.85. The number of fused-ring (bicyclic) bond motifs is 2. The van der Waals surface area contributed by atoms with Crippen molar-refractivity contribution in [1.29, 1.82) is 5.41 Å². The van der Waals surface area contributed by atoms with Gasteiger partial charge < -0.3 is 14.3 Å². The Morgan fingerprint density at radius 1 is 1.29 bits per heavy atom. The van der Waals surface area contributed by atoms with Gasteiger partial charge in [0.1, 0.15) is 22.5 Å². The SMILES string of the molecule is CC(C)NC(=O)c1cc2c(=O)n3ccccc3nc2n(Cc2ccco2)c1=N. The Balaban J connectivity index is 2.06. The first-order chi connectivity index (χ1) is 13.5. The van der Waals surface area contributed by atoms with Crippen LogP contribution in [0.1, 0.15) is 30.0 Å². The van der Waals surface area contributed by atoms with Crippen LogP contribution in [0.15, 0.2) is 58.1 Å². The van der Waals surface area contributed by atoms with Crippen LogP contribution in [-0.4, -0.2) is 25.9 Å². The number of hydrogen-bond donors (Lipinski definition) is 2. The Morgan fingerprint density at radius 2 is 2.11 bits per heavy atom. The molecule has 0 saturated carbocycles. The summed E-state index contributed by atoms with van der Waals surface area (Å²) in [5.41, 5.74) is 0.579. The molecule has 2 N–H and O–H groups in total. The van der Waals surface area contributed by atoms with E-state index in [4.69, 9.17) is 9.83 Å². The molecule has 0 spiro atoms. The van der Waals surface area contributed by atoms with Crippen LogP contribution in [0.25, 0.3) is 16.7 Å². The van der Waals surface area contributed by atoms with Gasteiger partial charge in [-0.3, -0.25) is 19.4 Å². The number of hydrogen-bond acceptors (Lipinski definition) is 5. The van der Waals surface area contributed by atoms with Gasteiger partial charge in [0.2, 0.25) is 0 Å². The lowest BCUT2D eigenvalue weighted by Crippen LogP contribution is -2.37. The highest BCUT2D eigenvalue weighted by Gasteiger charge is 2.18. The van der Waals surface area contributed by atoms with E-state index in [1.165, 1.54) is 21.3 Å². The zero-order chi connectivity index (χ0) is 19.8. The van der Waals surface area contributed by atoms with E-state index in [1.807, 2.05) is 13.8 Å². The lowest BCUT2D eigenvalue weighted by molar-refractivity contribution is 0.0940. The first-order valence-corrected chi connectivity index (χ1v) is 8.88. The van der Waals surface area contributed by atoms with Crippen LogP contribution in [0.2, 0.25) is 0 Å². The van der Waals surface area contributed by atoms with Gasteiger partial charge in [0.15, 0.2) is 0 Å². The number of nitrogens with one attached hydrogen (secondary N) is 2. The van der Waals surface area contributed by atoms with Crippen LogP contribution in [0, 0.1) is 5.41 Å². The maximum Gasteiger partial charge on any atom is 0.267 e. The monoisotopic (exact) mass is 377 g/mol. The first-order valence-electron chi connectivity index (χ1n) is 8.88. The molecule has 0 unspecified atom stereocenters. The molecule has 4 aromatic heterocycles. The second-order valence-corrected chi connectivity index (χ2v) is 6.78. The van der Waals surface area contributed by atoms with Gasteiger partial charge in [0.25, 0.3) is 11.5 Å². The van der Waals surface area contributed by atoms with Crippen molar-refractivity contribution < 1.29 is 9.21 Å². The molecule has 0 aliphatic rings. The molecule has 0 aromatic carbocycles. The van der Waals surface area contributed by atoms with Crippen LogP contribution in [0.4, 0.5) is 0 Å². The van der Waals surface area contributed by atoms with Crippen LogP contribution in [0.3, 0.4) is 0 Å². The van der Waals surface area contributed by atoms with Crippen molar-refractivity contribution >= 4 is 22.6 Å². The molecule has 4 rings (SSSR count). The van der Waals surface area contributed by atoms with Crippen LogP contribution < -0.4 is 16.4 Å². The predicted octanol–water partition coefficient (Wildman–Crippen LogP) is 1.91. The smallest absolute Gasteiger partial charge is 0.267 e. The van der Waals surface area contributed by atoms with Crippen molar-refractivity contribution in [2.75, 3.05) is 0 Å². The molecular formula is C20H19N5O3. The molecule has 4 heterocycles. The number of pyridine rings is 2. The summed E-state index contributed by atoms with van der Waals surface area (Å²) in [5.74, 6) is 0.184. The third-order valence-electron chi connectivity index (χ3n) is 4.38. The highest BCUT2D eigenvalue weighted by Crippen LogP contribution is 2.12. The summed E-state index contributed by atoms with van der Waals surface area (Å²) in [6, 6.07) is 10.1. The molecule has 4 aromatic rings. The number of carbonyl (C=O) groups excluding carboxylic acids is 1. The molecule has 0 saturated heterocycles. The van der Waals surface area contributed by atoms with Crippen LogP contribution in [-0.2, 0) is 6.54 Å². The minimum Gasteiger partial charge on any atom is -0.467 e. The highest BCUT2D eigenvalue weighted by molar-refractivity contribution is 5.97. The minimum absolute atomic E-state index is 0.0331. The Bertz CT molecular complexity index is 1300. The van der Waals surface area contributed by atoms with Gasteiger partial charge in [-0.2, -0.15) is 0 Å². The van der Waals surface area contributed by atoms with Gasteiger partial charge in [-0.25, -0.2) is 4.98 Å². The molecule has 142 valence electrons. The van der Waals surface area contributed by atoms with Crippen LogP contribution >= 0.6 is 0 Å². The number of aromatic nitrogens is 3. The molecule has 0 aliphatic heterocycles. The fourth-order valence-corrected chi connectivity index (χ4v) is 3.11. The molecule has 0 atom stereocenters. The summed E-state index contributed by atoms with van der Waals surface area (Å²) in [7, 11) is 0. The van der Waals surface area contributed by atoms with E-state index >= 15 is 0 Å². The number of nitrogens with zero attached hydrogens (tertiary/aromatic N) is 3. The second kappa shape index (κ2) is 6.80. The number of rotatable bonds is 4. The van der Waals surface area contributed by atoms with E-state index in [2.05, 4.69) is 10.3 Å². The number of carbonyl (C=O) groups is 1. The van der Waals surface area contributed by atoms with Crippen molar-refractivity contribution in [3.05, 3.63) is 76.0 Å². The van der Waals surface area contributed by atoms with Gasteiger partial charge in [0.05, 0.1) is 23.8 Å². The van der Waals surface area contributed by atoms with Crippen molar-refractivity contribution in [3.63, 3.8) is 0 Å². The molecular weight excluding hydrogens is 358 g/mol.